The average Bonchev–Trinajstić information content (AvgIpc) is 2.53. The minimum absolute atomic E-state index is 0.459. The van der Waals surface area contributed by atoms with Gasteiger partial charge in [-0.15, -0.1) is 0 Å². The molecule has 0 aliphatic carbocycles. The van der Waals surface area contributed by atoms with Crippen LogP contribution in [0.1, 0.15) is 39.8 Å². The van der Waals surface area contributed by atoms with Crippen molar-refractivity contribution in [2.75, 3.05) is 0 Å². The summed E-state index contributed by atoms with van der Waals surface area (Å²) in [6.45, 7) is 23.2. The van der Waals surface area contributed by atoms with Gasteiger partial charge in [0.15, 0.2) is 13.9 Å². The minimum atomic E-state index is -1.50. The maximum Gasteiger partial charge on any atom is 0.195 e. The van der Waals surface area contributed by atoms with E-state index in [4.69, 9.17) is 4.66 Å². The Kier molecular flexibility index (Phi) is 4.97. The van der Waals surface area contributed by atoms with Gasteiger partial charge in [0, 0.05) is 23.6 Å². The van der Waals surface area contributed by atoms with E-state index >= 15 is 0 Å². The minimum Gasteiger partial charge on any atom is -0.317 e. The lowest BCUT2D eigenvalue weighted by Crippen LogP contribution is -2.46. The maximum atomic E-state index is 5.16. The van der Waals surface area contributed by atoms with E-state index in [0.717, 1.165) is 0 Å². The number of nitrogens with zero attached hydrogens (tertiary/aromatic N) is 3. The number of rotatable bonds is 4. The van der Waals surface area contributed by atoms with Crippen molar-refractivity contribution in [3.05, 3.63) is 11.8 Å². The van der Waals surface area contributed by atoms with Crippen LogP contribution in [0.3, 0.4) is 0 Å². The summed E-state index contributed by atoms with van der Waals surface area (Å²) in [5.74, 6) is 0. The van der Waals surface area contributed by atoms with Crippen LogP contribution in [0.5, 0.6) is 0 Å². The van der Waals surface area contributed by atoms with Gasteiger partial charge in [-0.1, -0.05) is 19.6 Å². The molecule has 0 bridgehead atoms. The summed E-state index contributed by atoms with van der Waals surface area (Å²) < 4.78 is 10.0. The molecule has 3 nitrogen and oxygen atoms in total. The molecule has 0 aromatic carbocycles. The van der Waals surface area contributed by atoms with Crippen LogP contribution in [0.25, 0.3) is 0 Å². The van der Waals surface area contributed by atoms with Crippen molar-refractivity contribution in [2.24, 2.45) is 4.66 Å². The van der Waals surface area contributed by atoms with Crippen molar-refractivity contribution in [2.45, 2.75) is 79.1 Å². The summed E-state index contributed by atoms with van der Waals surface area (Å²) in [5, 5.41) is 1.51. The summed E-state index contributed by atoms with van der Waals surface area (Å²) in [4.78, 5) is 0. The largest absolute Gasteiger partial charge is 0.317 e. The molecule has 0 amide bonds. The molecule has 0 atom stereocenters. The van der Waals surface area contributed by atoms with E-state index in [9.17, 15) is 0 Å². The zero-order valence-electron chi connectivity index (χ0n) is 15.1. The first-order chi connectivity index (χ1) is 8.84. The van der Waals surface area contributed by atoms with Crippen LogP contribution >= 0.6 is 0 Å². The summed E-state index contributed by atoms with van der Waals surface area (Å²) in [6, 6.07) is 0.923. The molecule has 116 valence electrons. The molecule has 1 aromatic heterocycles. The molecule has 0 aliphatic heterocycles. The van der Waals surface area contributed by atoms with Crippen molar-refractivity contribution >= 4 is 21.6 Å². The van der Waals surface area contributed by atoms with Crippen LogP contribution in [0.4, 0.5) is 0 Å². The summed E-state index contributed by atoms with van der Waals surface area (Å²) in [6.07, 6.45) is 2.37. The van der Waals surface area contributed by atoms with Gasteiger partial charge in [0.2, 0.25) is 0 Å². The zero-order valence-corrected chi connectivity index (χ0v) is 17.1. The fourth-order valence-electron chi connectivity index (χ4n) is 2.34. The molecule has 0 saturated carbocycles. The Hall–Kier alpha value is -0.556. The zero-order chi connectivity index (χ0) is 15.9. The van der Waals surface area contributed by atoms with E-state index in [2.05, 4.69) is 82.3 Å². The first-order valence-corrected chi connectivity index (χ1v) is 14.7. The number of hydrogen-bond acceptors (Lipinski definition) is 1. The van der Waals surface area contributed by atoms with E-state index < -0.39 is 16.3 Å². The fourth-order valence-corrected chi connectivity index (χ4v) is 4.77. The van der Waals surface area contributed by atoms with Crippen molar-refractivity contribution in [3.63, 3.8) is 0 Å². The van der Waals surface area contributed by atoms with Gasteiger partial charge in [0.1, 0.15) is 8.07 Å². The van der Waals surface area contributed by atoms with Gasteiger partial charge in [0.25, 0.3) is 0 Å². The lowest BCUT2D eigenvalue weighted by molar-refractivity contribution is 0.515. The monoisotopic (exact) mass is 311 g/mol. The molecule has 20 heavy (non-hydrogen) atoms. The Labute approximate surface area is 126 Å². The van der Waals surface area contributed by atoms with Gasteiger partial charge < -0.3 is 9.13 Å². The molecule has 1 heterocycles. The molecule has 0 unspecified atom stereocenters. The molecule has 0 radical (unpaired) electrons. The van der Waals surface area contributed by atoms with E-state index in [-0.39, 0.29) is 0 Å². The Morgan fingerprint density at radius 3 is 1.70 bits per heavy atom. The van der Waals surface area contributed by atoms with E-state index in [1.54, 1.807) is 0 Å². The van der Waals surface area contributed by atoms with Gasteiger partial charge in [-0.05, 0) is 47.3 Å². The topological polar surface area (TPSA) is 22.2 Å². The van der Waals surface area contributed by atoms with Gasteiger partial charge in [-0.3, -0.25) is 4.66 Å². The second-order valence-electron chi connectivity index (χ2n) is 8.31. The highest BCUT2D eigenvalue weighted by Crippen LogP contribution is 2.11. The SMILES string of the molecule is CC(C)n1cc([Si](C)(C)C)n(C(C)C)/c1=N\[Si](C)(C)C. The van der Waals surface area contributed by atoms with E-state index in [1.807, 2.05) is 0 Å². The smallest absolute Gasteiger partial charge is 0.195 e. The van der Waals surface area contributed by atoms with Crippen LogP contribution in [0.15, 0.2) is 10.9 Å². The summed E-state index contributed by atoms with van der Waals surface area (Å²) in [7, 11) is -2.87. The molecular weight excluding hydrogens is 278 g/mol. The predicted octanol–water partition coefficient (Wildman–Crippen LogP) is 3.73. The first kappa shape index (κ1) is 17.5. The Bertz CT molecular complexity index is 523. The molecular formula is C15H33N3Si2. The standard InChI is InChI=1S/C15H33N3Si2/c1-12(2)17-11-14(19(5,6)7)18(13(3)4)15(17)16-20(8,9)10/h11-13H,1-10H3/b16-15-. The highest BCUT2D eigenvalue weighted by Gasteiger charge is 2.26. The second kappa shape index (κ2) is 5.68. The van der Waals surface area contributed by atoms with E-state index in [0.29, 0.717) is 12.1 Å². The number of aromatic nitrogens is 2. The molecule has 0 fully saturated rings. The Balaban J connectivity index is 3.79. The molecule has 0 aliphatic rings. The first-order valence-electron chi connectivity index (χ1n) is 7.74. The molecule has 5 heteroatoms. The van der Waals surface area contributed by atoms with Crippen LogP contribution in [-0.4, -0.2) is 25.4 Å². The van der Waals surface area contributed by atoms with Crippen LogP contribution in [0.2, 0.25) is 39.3 Å². The van der Waals surface area contributed by atoms with Gasteiger partial charge in [-0.25, -0.2) is 0 Å². The molecule has 0 saturated heterocycles. The van der Waals surface area contributed by atoms with Crippen LogP contribution in [0, 0.1) is 0 Å². The molecule has 0 spiro atoms. The normalized spacial score (nSPS) is 14.7. The third kappa shape index (κ3) is 3.98. The van der Waals surface area contributed by atoms with Crippen LogP contribution < -0.4 is 10.9 Å². The molecule has 1 aromatic rings. The van der Waals surface area contributed by atoms with Gasteiger partial charge >= 0.3 is 0 Å². The van der Waals surface area contributed by atoms with Gasteiger partial charge in [-0.2, -0.15) is 0 Å². The Morgan fingerprint density at radius 1 is 0.900 bits per heavy atom. The summed E-state index contributed by atoms with van der Waals surface area (Å²) >= 11 is 0. The third-order valence-corrected chi connectivity index (χ3v) is 6.02. The second-order valence-corrected chi connectivity index (χ2v) is 17.9. The number of imidazole rings is 1. The van der Waals surface area contributed by atoms with Crippen molar-refractivity contribution in [3.8, 4) is 0 Å². The predicted molar refractivity (Wildman–Crippen MR) is 95.1 cm³/mol. The van der Waals surface area contributed by atoms with Crippen molar-refractivity contribution < 1.29 is 0 Å². The highest BCUT2D eigenvalue weighted by atomic mass is 28.3. The van der Waals surface area contributed by atoms with Gasteiger partial charge in [0.05, 0.1) is 0 Å². The van der Waals surface area contributed by atoms with Crippen LogP contribution in [-0.2, 0) is 0 Å². The average molecular weight is 312 g/mol. The number of hydrogen-bond donors (Lipinski definition) is 0. The highest BCUT2D eigenvalue weighted by molar-refractivity contribution is 6.88. The lowest BCUT2D eigenvalue weighted by Gasteiger charge is -2.22. The van der Waals surface area contributed by atoms with Crippen molar-refractivity contribution in [1.82, 2.24) is 9.13 Å². The molecule has 1 rings (SSSR count). The lowest BCUT2D eigenvalue weighted by atomic mass is 10.4. The third-order valence-electron chi connectivity index (χ3n) is 3.24. The quantitative estimate of drug-likeness (QED) is 0.756. The van der Waals surface area contributed by atoms with E-state index in [1.165, 1.54) is 10.9 Å². The fraction of sp³-hybridized carbons (Fsp3) is 0.800. The summed E-state index contributed by atoms with van der Waals surface area (Å²) in [5.41, 5.74) is 1.19. The van der Waals surface area contributed by atoms with Crippen molar-refractivity contribution in [1.29, 1.82) is 0 Å². The Morgan fingerprint density at radius 2 is 1.40 bits per heavy atom. The molecule has 0 N–H and O–H groups in total. The maximum absolute atomic E-state index is 5.16.